The van der Waals surface area contributed by atoms with Gasteiger partial charge in [0.2, 0.25) is 5.91 Å². The Morgan fingerprint density at radius 1 is 1.20 bits per heavy atom. The van der Waals surface area contributed by atoms with E-state index in [1.807, 2.05) is 41.5 Å². The monoisotopic (exact) mass is 354 g/mol. The van der Waals surface area contributed by atoms with Crippen LogP contribution in [-0.4, -0.2) is 35.3 Å². The van der Waals surface area contributed by atoms with Crippen LogP contribution in [0, 0.1) is 6.92 Å². The molecule has 0 unspecified atom stereocenters. The van der Waals surface area contributed by atoms with Crippen LogP contribution in [0.1, 0.15) is 46.0 Å². The second kappa shape index (κ2) is 6.30. The topological polar surface area (TPSA) is 49.4 Å². The zero-order valence-electron chi connectivity index (χ0n) is 14.3. The van der Waals surface area contributed by atoms with Gasteiger partial charge in [0, 0.05) is 25.4 Å². The maximum atomic E-state index is 12.7. The van der Waals surface area contributed by atoms with Crippen LogP contribution in [-0.2, 0) is 4.79 Å². The predicted molar refractivity (Wildman–Crippen MR) is 98.9 cm³/mol. The van der Waals surface area contributed by atoms with Gasteiger partial charge in [-0.1, -0.05) is 30.3 Å². The summed E-state index contributed by atoms with van der Waals surface area (Å²) < 4.78 is 0. The van der Waals surface area contributed by atoms with E-state index in [0.717, 1.165) is 23.3 Å². The molecule has 5 heteroatoms. The minimum absolute atomic E-state index is 0.128. The molecule has 0 radical (unpaired) electrons. The molecule has 2 aliphatic rings. The number of amides is 2. The molecule has 25 heavy (non-hydrogen) atoms. The van der Waals surface area contributed by atoms with Crippen molar-refractivity contribution >= 4 is 23.2 Å². The largest absolute Gasteiger partial charge is 0.350 e. The molecule has 2 fully saturated rings. The maximum Gasteiger partial charge on any atom is 0.264 e. The fourth-order valence-electron chi connectivity index (χ4n) is 4.24. The molecule has 2 aromatic rings. The van der Waals surface area contributed by atoms with E-state index in [9.17, 15) is 9.59 Å². The Morgan fingerprint density at radius 2 is 1.92 bits per heavy atom. The first-order valence-corrected chi connectivity index (χ1v) is 9.66. The summed E-state index contributed by atoms with van der Waals surface area (Å²) in [6.45, 7) is 3.37. The normalized spacial score (nSPS) is 22.2. The van der Waals surface area contributed by atoms with Crippen LogP contribution in [0.4, 0.5) is 0 Å². The molecule has 1 spiro atoms. The average molecular weight is 354 g/mol. The van der Waals surface area contributed by atoms with Crippen molar-refractivity contribution in [3.63, 3.8) is 0 Å². The van der Waals surface area contributed by atoms with Gasteiger partial charge in [0.25, 0.3) is 5.91 Å². The number of hydrogen-bond donors (Lipinski definition) is 1. The summed E-state index contributed by atoms with van der Waals surface area (Å²) in [6, 6.07) is 12.3. The van der Waals surface area contributed by atoms with Crippen molar-refractivity contribution in [2.24, 2.45) is 0 Å². The molecule has 1 aromatic heterocycles. The molecule has 4 nitrogen and oxygen atoms in total. The van der Waals surface area contributed by atoms with Crippen molar-refractivity contribution in [1.29, 1.82) is 0 Å². The van der Waals surface area contributed by atoms with Gasteiger partial charge in [-0.2, -0.15) is 0 Å². The minimum Gasteiger partial charge on any atom is -0.350 e. The van der Waals surface area contributed by atoms with Crippen molar-refractivity contribution in [2.75, 3.05) is 13.1 Å². The zero-order valence-corrected chi connectivity index (χ0v) is 15.1. The molecular formula is C20H22N2O2S. The first kappa shape index (κ1) is 16.3. The lowest BCUT2D eigenvalue weighted by Crippen LogP contribution is -2.54. The molecule has 0 bridgehead atoms. The molecular weight excluding hydrogens is 332 g/mol. The van der Waals surface area contributed by atoms with E-state index in [1.54, 1.807) is 0 Å². The van der Waals surface area contributed by atoms with Crippen LogP contribution in [0.3, 0.4) is 0 Å². The number of rotatable bonds is 2. The summed E-state index contributed by atoms with van der Waals surface area (Å²) in [5, 5.41) is 5.22. The second-order valence-corrected chi connectivity index (χ2v) is 8.01. The number of aryl methyl sites for hydroxylation is 1. The van der Waals surface area contributed by atoms with Gasteiger partial charge in [-0.25, -0.2) is 0 Å². The van der Waals surface area contributed by atoms with Gasteiger partial charge in [-0.3, -0.25) is 9.59 Å². The van der Waals surface area contributed by atoms with Crippen LogP contribution >= 0.6 is 11.3 Å². The summed E-state index contributed by atoms with van der Waals surface area (Å²) in [5.74, 6) is 0.451. The van der Waals surface area contributed by atoms with Crippen molar-refractivity contribution in [2.45, 2.75) is 37.6 Å². The lowest BCUT2D eigenvalue weighted by molar-refractivity contribution is -0.120. The molecule has 2 saturated heterocycles. The van der Waals surface area contributed by atoms with Crippen LogP contribution in [0.15, 0.2) is 41.8 Å². The first-order chi connectivity index (χ1) is 12.1. The van der Waals surface area contributed by atoms with Gasteiger partial charge in [0.15, 0.2) is 0 Å². The number of likely N-dealkylation sites (tertiary alicyclic amines) is 1. The van der Waals surface area contributed by atoms with Crippen LogP contribution in [0.2, 0.25) is 0 Å². The highest BCUT2D eigenvalue weighted by molar-refractivity contribution is 7.12. The number of carbonyl (C=O) groups excluding carboxylic acids is 2. The van der Waals surface area contributed by atoms with Crippen LogP contribution < -0.4 is 5.32 Å². The number of carbonyl (C=O) groups is 2. The van der Waals surface area contributed by atoms with Gasteiger partial charge in [-0.15, -0.1) is 11.3 Å². The fourth-order valence-corrected chi connectivity index (χ4v) is 5.13. The SMILES string of the molecule is Cc1ccsc1C(=O)N1CCC2(CC1)NC(=O)C[C@H]2c1ccccc1. The van der Waals surface area contributed by atoms with Crippen molar-refractivity contribution in [3.05, 3.63) is 57.8 Å². The summed E-state index contributed by atoms with van der Waals surface area (Å²) in [5.41, 5.74) is 2.06. The molecule has 3 heterocycles. The fraction of sp³-hybridized carbons (Fsp3) is 0.400. The summed E-state index contributed by atoms with van der Waals surface area (Å²) in [6.07, 6.45) is 2.17. The van der Waals surface area contributed by atoms with E-state index in [2.05, 4.69) is 17.4 Å². The van der Waals surface area contributed by atoms with E-state index < -0.39 is 0 Å². The molecule has 1 aromatic carbocycles. The van der Waals surface area contributed by atoms with Crippen LogP contribution in [0.25, 0.3) is 0 Å². The Balaban J connectivity index is 1.52. The smallest absolute Gasteiger partial charge is 0.264 e. The quantitative estimate of drug-likeness (QED) is 0.899. The van der Waals surface area contributed by atoms with E-state index >= 15 is 0 Å². The Bertz CT molecular complexity index is 791. The number of nitrogens with one attached hydrogen (secondary N) is 1. The van der Waals surface area contributed by atoms with Gasteiger partial charge in [0.05, 0.1) is 10.4 Å². The third-order valence-corrected chi connectivity index (χ3v) is 6.65. The van der Waals surface area contributed by atoms with Gasteiger partial charge in [0.1, 0.15) is 0 Å². The molecule has 130 valence electrons. The minimum atomic E-state index is -0.209. The third kappa shape index (κ3) is 2.86. The zero-order chi connectivity index (χ0) is 17.4. The number of piperidine rings is 1. The van der Waals surface area contributed by atoms with Gasteiger partial charge < -0.3 is 10.2 Å². The Hall–Kier alpha value is -2.14. The van der Waals surface area contributed by atoms with E-state index in [1.165, 1.54) is 16.9 Å². The van der Waals surface area contributed by atoms with Gasteiger partial charge >= 0.3 is 0 Å². The molecule has 0 saturated carbocycles. The highest BCUT2D eigenvalue weighted by atomic mass is 32.1. The summed E-state index contributed by atoms with van der Waals surface area (Å²) >= 11 is 1.51. The Labute approximate surface area is 151 Å². The lowest BCUT2D eigenvalue weighted by Gasteiger charge is -2.43. The number of thiophene rings is 1. The second-order valence-electron chi connectivity index (χ2n) is 7.10. The van der Waals surface area contributed by atoms with Crippen LogP contribution in [0.5, 0.6) is 0 Å². The maximum absolute atomic E-state index is 12.7. The van der Waals surface area contributed by atoms with E-state index in [0.29, 0.717) is 19.5 Å². The number of nitrogens with zero attached hydrogens (tertiary/aromatic N) is 1. The van der Waals surface area contributed by atoms with Gasteiger partial charge in [-0.05, 0) is 42.3 Å². The highest BCUT2D eigenvalue weighted by Crippen LogP contribution is 2.43. The Kier molecular flexibility index (Phi) is 4.12. The van der Waals surface area contributed by atoms with E-state index in [-0.39, 0.29) is 23.3 Å². The predicted octanol–water partition coefficient (Wildman–Crippen LogP) is 3.34. The molecule has 4 rings (SSSR count). The standard InChI is InChI=1S/C20H22N2O2S/c1-14-7-12-25-18(14)19(24)22-10-8-20(9-11-22)16(13-17(23)21-20)15-5-3-2-4-6-15/h2-7,12,16H,8-11,13H2,1H3,(H,21,23)/t16-/m0/s1. The number of benzene rings is 1. The van der Waals surface area contributed by atoms with Crippen molar-refractivity contribution in [3.8, 4) is 0 Å². The lowest BCUT2D eigenvalue weighted by atomic mass is 9.74. The molecule has 1 N–H and O–H groups in total. The number of hydrogen-bond acceptors (Lipinski definition) is 3. The van der Waals surface area contributed by atoms with Crippen molar-refractivity contribution < 1.29 is 9.59 Å². The molecule has 0 aliphatic carbocycles. The average Bonchev–Trinajstić information content (AvgIpc) is 3.19. The third-order valence-electron chi connectivity index (χ3n) is 5.65. The van der Waals surface area contributed by atoms with Crippen molar-refractivity contribution in [1.82, 2.24) is 10.2 Å². The summed E-state index contributed by atoms with van der Waals surface area (Å²) in [7, 11) is 0. The summed E-state index contributed by atoms with van der Waals surface area (Å²) in [4.78, 5) is 27.7. The Morgan fingerprint density at radius 3 is 2.56 bits per heavy atom. The molecule has 2 aliphatic heterocycles. The van der Waals surface area contributed by atoms with E-state index in [4.69, 9.17) is 0 Å². The first-order valence-electron chi connectivity index (χ1n) is 8.78. The highest BCUT2D eigenvalue weighted by Gasteiger charge is 2.49. The molecule has 1 atom stereocenters. The molecule has 2 amide bonds.